The third-order valence-corrected chi connectivity index (χ3v) is 4.53. The van der Waals surface area contributed by atoms with Gasteiger partial charge in [0.2, 0.25) is 5.91 Å². The molecular formula is C15H28N2O. The maximum atomic E-state index is 12.2. The number of nitrogens with zero attached hydrogens (tertiary/aromatic N) is 1. The van der Waals surface area contributed by atoms with Gasteiger partial charge >= 0.3 is 0 Å². The van der Waals surface area contributed by atoms with Gasteiger partial charge < -0.3 is 4.90 Å². The van der Waals surface area contributed by atoms with Gasteiger partial charge in [-0.3, -0.25) is 10.1 Å². The molecule has 2 rings (SSSR count). The van der Waals surface area contributed by atoms with Gasteiger partial charge in [-0.15, -0.1) is 0 Å². The third-order valence-electron chi connectivity index (χ3n) is 4.53. The number of carbonyl (C=O) groups is 1. The molecule has 1 N–H and O–H groups in total. The lowest BCUT2D eigenvalue weighted by molar-refractivity contribution is -0.130. The highest BCUT2D eigenvalue weighted by Crippen LogP contribution is 2.30. The Hall–Kier alpha value is -0.570. The number of hydrogen-bond acceptors (Lipinski definition) is 2. The smallest absolute Gasteiger partial charge is 0.240 e. The number of amides is 1. The maximum absolute atomic E-state index is 12.2. The van der Waals surface area contributed by atoms with E-state index in [1.54, 1.807) is 0 Å². The number of carbonyl (C=O) groups excluding carboxylic acids is 1. The highest BCUT2D eigenvalue weighted by atomic mass is 16.2. The fraction of sp³-hybridized carbons (Fsp3) is 0.933. The second-order valence-corrected chi connectivity index (χ2v) is 6.32. The zero-order valence-electron chi connectivity index (χ0n) is 12.1. The largest absolute Gasteiger partial charge is 0.326 e. The van der Waals surface area contributed by atoms with Crippen molar-refractivity contribution in [3.05, 3.63) is 0 Å². The van der Waals surface area contributed by atoms with E-state index in [0.29, 0.717) is 5.91 Å². The van der Waals surface area contributed by atoms with E-state index in [4.69, 9.17) is 0 Å². The van der Waals surface area contributed by atoms with E-state index in [1.807, 2.05) is 6.92 Å². The van der Waals surface area contributed by atoms with E-state index in [0.717, 1.165) is 31.2 Å². The van der Waals surface area contributed by atoms with Crippen LogP contribution in [0.15, 0.2) is 0 Å². The molecule has 2 aliphatic rings. The van der Waals surface area contributed by atoms with Crippen LogP contribution in [0.5, 0.6) is 0 Å². The molecular weight excluding hydrogens is 224 g/mol. The van der Waals surface area contributed by atoms with Gasteiger partial charge in [-0.1, -0.05) is 33.1 Å². The van der Waals surface area contributed by atoms with Crippen LogP contribution in [0.1, 0.15) is 59.3 Å². The van der Waals surface area contributed by atoms with Crippen LogP contribution in [0, 0.1) is 11.8 Å². The molecule has 0 aromatic heterocycles. The second-order valence-electron chi connectivity index (χ2n) is 6.32. The lowest BCUT2D eigenvalue weighted by Crippen LogP contribution is -2.41. The van der Waals surface area contributed by atoms with Crippen molar-refractivity contribution < 1.29 is 4.79 Å². The Balaban J connectivity index is 1.94. The van der Waals surface area contributed by atoms with E-state index in [2.05, 4.69) is 24.1 Å². The molecule has 0 radical (unpaired) electrons. The van der Waals surface area contributed by atoms with Gasteiger partial charge in [-0.25, -0.2) is 0 Å². The molecule has 1 saturated heterocycles. The summed E-state index contributed by atoms with van der Waals surface area (Å²) in [5, 5.41) is 3.43. The first kappa shape index (κ1) is 13.9. The third kappa shape index (κ3) is 3.05. The molecule has 0 aromatic rings. The fourth-order valence-corrected chi connectivity index (χ4v) is 3.59. The number of hydrogen-bond donors (Lipinski definition) is 1. The highest BCUT2D eigenvalue weighted by Gasteiger charge is 2.37. The zero-order valence-corrected chi connectivity index (χ0v) is 12.1. The van der Waals surface area contributed by atoms with Crippen molar-refractivity contribution in [1.29, 1.82) is 0 Å². The zero-order chi connectivity index (χ0) is 13.1. The van der Waals surface area contributed by atoms with E-state index < -0.39 is 0 Å². The topological polar surface area (TPSA) is 32.3 Å². The summed E-state index contributed by atoms with van der Waals surface area (Å²) in [5.41, 5.74) is 0. The van der Waals surface area contributed by atoms with Crippen LogP contribution >= 0.6 is 0 Å². The van der Waals surface area contributed by atoms with Crippen LogP contribution in [-0.2, 0) is 4.79 Å². The molecule has 4 unspecified atom stereocenters. The van der Waals surface area contributed by atoms with Crippen molar-refractivity contribution in [1.82, 2.24) is 10.2 Å². The molecule has 2 fully saturated rings. The van der Waals surface area contributed by atoms with Crippen LogP contribution in [0.4, 0.5) is 0 Å². The SMILES string of the molecule is CCCC1NC(C)C(=O)N1CC1CCCC(C)C1. The first-order chi connectivity index (χ1) is 8.61. The van der Waals surface area contributed by atoms with Crippen molar-refractivity contribution in [3.8, 4) is 0 Å². The average molecular weight is 252 g/mol. The van der Waals surface area contributed by atoms with Crippen LogP contribution in [0.2, 0.25) is 0 Å². The molecule has 1 amide bonds. The predicted octanol–water partition coefficient (Wildman–Crippen LogP) is 2.76. The minimum Gasteiger partial charge on any atom is -0.326 e. The quantitative estimate of drug-likeness (QED) is 0.834. The highest BCUT2D eigenvalue weighted by molar-refractivity contribution is 5.83. The lowest BCUT2D eigenvalue weighted by Gasteiger charge is -2.32. The Morgan fingerprint density at radius 3 is 2.78 bits per heavy atom. The van der Waals surface area contributed by atoms with Crippen molar-refractivity contribution in [2.24, 2.45) is 11.8 Å². The summed E-state index contributed by atoms with van der Waals surface area (Å²) in [6.07, 6.45) is 7.83. The van der Waals surface area contributed by atoms with E-state index in [-0.39, 0.29) is 12.2 Å². The molecule has 1 aliphatic heterocycles. The molecule has 4 atom stereocenters. The summed E-state index contributed by atoms with van der Waals surface area (Å²) in [5.74, 6) is 1.88. The minimum absolute atomic E-state index is 0.0163. The Labute approximate surface area is 111 Å². The lowest BCUT2D eigenvalue weighted by atomic mass is 9.82. The van der Waals surface area contributed by atoms with Gasteiger partial charge in [-0.05, 0) is 38.0 Å². The minimum atomic E-state index is 0.0163. The molecule has 0 aromatic carbocycles. The fourth-order valence-electron chi connectivity index (χ4n) is 3.59. The Bertz CT molecular complexity index is 292. The monoisotopic (exact) mass is 252 g/mol. The summed E-state index contributed by atoms with van der Waals surface area (Å²) in [4.78, 5) is 14.3. The summed E-state index contributed by atoms with van der Waals surface area (Å²) >= 11 is 0. The molecule has 0 spiro atoms. The van der Waals surface area contributed by atoms with E-state index >= 15 is 0 Å². The molecule has 3 nitrogen and oxygen atoms in total. The van der Waals surface area contributed by atoms with Crippen molar-refractivity contribution in [2.75, 3.05) is 6.54 Å². The van der Waals surface area contributed by atoms with Crippen molar-refractivity contribution in [2.45, 2.75) is 71.5 Å². The average Bonchev–Trinajstić information content (AvgIpc) is 2.58. The van der Waals surface area contributed by atoms with Gasteiger partial charge in [0, 0.05) is 6.54 Å². The molecule has 3 heteroatoms. The van der Waals surface area contributed by atoms with Gasteiger partial charge in [-0.2, -0.15) is 0 Å². The Morgan fingerprint density at radius 1 is 1.33 bits per heavy atom. The van der Waals surface area contributed by atoms with Crippen LogP contribution in [-0.4, -0.2) is 29.6 Å². The maximum Gasteiger partial charge on any atom is 0.240 e. The van der Waals surface area contributed by atoms with Crippen molar-refractivity contribution in [3.63, 3.8) is 0 Å². The molecule has 1 heterocycles. The molecule has 0 bridgehead atoms. The number of rotatable bonds is 4. The molecule has 18 heavy (non-hydrogen) atoms. The van der Waals surface area contributed by atoms with Gasteiger partial charge in [0.05, 0.1) is 12.2 Å². The Morgan fingerprint density at radius 2 is 2.11 bits per heavy atom. The van der Waals surface area contributed by atoms with Gasteiger partial charge in [0.15, 0.2) is 0 Å². The molecule has 1 saturated carbocycles. The number of nitrogens with one attached hydrogen (secondary N) is 1. The summed E-state index contributed by atoms with van der Waals surface area (Å²) < 4.78 is 0. The first-order valence-corrected chi connectivity index (χ1v) is 7.68. The predicted molar refractivity (Wildman–Crippen MR) is 74.1 cm³/mol. The summed E-state index contributed by atoms with van der Waals surface area (Å²) in [6, 6.07) is 0.0163. The normalized spacial score (nSPS) is 37.3. The van der Waals surface area contributed by atoms with Gasteiger partial charge in [0.1, 0.15) is 0 Å². The van der Waals surface area contributed by atoms with E-state index in [1.165, 1.54) is 25.7 Å². The van der Waals surface area contributed by atoms with Crippen LogP contribution in [0.25, 0.3) is 0 Å². The standard InChI is InChI=1S/C15H28N2O/c1-4-6-14-16-12(3)15(18)17(14)10-13-8-5-7-11(2)9-13/h11-14,16H,4-10H2,1-3H3. The van der Waals surface area contributed by atoms with Crippen LogP contribution in [0.3, 0.4) is 0 Å². The molecule has 104 valence electrons. The Kier molecular flexibility index (Phi) is 4.66. The summed E-state index contributed by atoms with van der Waals surface area (Å²) in [6.45, 7) is 7.51. The van der Waals surface area contributed by atoms with Crippen molar-refractivity contribution >= 4 is 5.91 Å². The second kappa shape index (κ2) is 6.05. The van der Waals surface area contributed by atoms with E-state index in [9.17, 15) is 4.79 Å². The summed E-state index contributed by atoms with van der Waals surface area (Å²) in [7, 11) is 0. The van der Waals surface area contributed by atoms with Crippen LogP contribution < -0.4 is 5.32 Å². The van der Waals surface area contributed by atoms with Gasteiger partial charge in [0.25, 0.3) is 0 Å². The first-order valence-electron chi connectivity index (χ1n) is 7.68. The molecule has 1 aliphatic carbocycles.